The van der Waals surface area contributed by atoms with Crippen LogP contribution in [0.2, 0.25) is 0 Å². The summed E-state index contributed by atoms with van der Waals surface area (Å²) in [6.45, 7) is 6.56. The average Bonchev–Trinajstić information content (AvgIpc) is 2.72. The third kappa shape index (κ3) is 3.15. The number of rotatable bonds is 3. The number of nitrogens with zero attached hydrogens (tertiary/aromatic N) is 2. The highest BCUT2D eigenvalue weighted by molar-refractivity contribution is 5.31. The van der Waals surface area contributed by atoms with Crippen LogP contribution in [-0.4, -0.2) is 27.3 Å². The van der Waals surface area contributed by atoms with Crippen molar-refractivity contribution in [1.82, 2.24) is 9.55 Å². The van der Waals surface area contributed by atoms with Gasteiger partial charge < -0.3 is 15.0 Å². The molecule has 1 aliphatic carbocycles. The number of nitrogens with one attached hydrogen (secondary N) is 1. The van der Waals surface area contributed by atoms with Crippen LogP contribution < -0.4 is 10.9 Å². The van der Waals surface area contributed by atoms with Crippen LogP contribution in [0.15, 0.2) is 17.2 Å². The average molecular weight is 265 g/mol. The quantitative estimate of drug-likeness (QED) is 0.870. The molecule has 19 heavy (non-hydrogen) atoms. The highest BCUT2D eigenvalue weighted by atomic mass is 16.3. The fourth-order valence-electron chi connectivity index (χ4n) is 2.54. The van der Waals surface area contributed by atoms with Crippen LogP contribution in [0.5, 0.6) is 0 Å². The van der Waals surface area contributed by atoms with Crippen molar-refractivity contribution in [2.24, 2.45) is 5.92 Å². The minimum Gasteiger partial charge on any atom is -0.393 e. The number of aliphatic hydroxyl groups is 1. The molecule has 2 unspecified atom stereocenters. The molecule has 0 spiro atoms. The van der Waals surface area contributed by atoms with Crippen molar-refractivity contribution in [3.05, 3.63) is 22.7 Å². The number of hydrogen-bond acceptors (Lipinski definition) is 4. The van der Waals surface area contributed by atoms with E-state index in [0.29, 0.717) is 12.4 Å². The normalized spacial score (nSPS) is 23.6. The zero-order chi connectivity index (χ0) is 14.0. The summed E-state index contributed by atoms with van der Waals surface area (Å²) in [7, 11) is 0. The topological polar surface area (TPSA) is 67.2 Å². The van der Waals surface area contributed by atoms with Gasteiger partial charge in [0.1, 0.15) is 0 Å². The summed E-state index contributed by atoms with van der Waals surface area (Å²) in [6.07, 6.45) is 6.02. The van der Waals surface area contributed by atoms with Gasteiger partial charge in [0, 0.05) is 30.4 Å². The first-order valence-corrected chi connectivity index (χ1v) is 6.89. The molecule has 5 heteroatoms. The zero-order valence-electron chi connectivity index (χ0n) is 11.9. The van der Waals surface area contributed by atoms with Gasteiger partial charge in [-0.05, 0) is 33.6 Å². The second-order valence-electron chi connectivity index (χ2n) is 6.26. The molecule has 0 aliphatic heterocycles. The van der Waals surface area contributed by atoms with E-state index in [1.54, 1.807) is 17.0 Å². The minimum atomic E-state index is -0.261. The Morgan fingerprint density at radius 2 is 2.21 bits per heavy atom. The van der Waals surface area contributed by atoms with E-state index in [2.05, 4.69) is 10.3 Å². The molecular formula is C14H23N3O2. The molecule has 1 aliphatic rings. The Labute approximate surface area is 113 Å². The van der Waals surface area contributed by atoms with Crippen molar-refractivity contribution in [3.8, 4) is 0 Å². The van der Waals surface area contributed by atoms with Gasteiger partial charge in [-0.25, -0.2) is 4.98 Å². The van der Waals surface area contributed by atoms with Crippen molar-refractivity contribution in [1.29, 1.82) is 0 Å². The molecule has 2 atom stereocenters. The minimum absolute atomic E-state index is 0.109. The third-order valence-corrected chi connectivity index (χ3v) is 3.71. The smallest absolute Gasteiger partial charge is 0.293 e. The van der Waals surface area contributed by atoms with Gasteiger partial charge in [-0.3, -0.25) is 4.79 Å². The van der Waals surface area contributed by atoms with Gasteiger partial charge in [0.15, 0.2) is 5.82 Å². The number of aliphatic hydroxyl groups excluding tert-OH is 1. The number of aromatic nitrogens is 2. The Kier molecular flexibility index (Phi) is 3.94. The number of anilines is 1. The first-order valence-electron chi connectivity index (χ1n) is 6.89. The molecule has 1 fully saturated rings. The standard InChI is InChI=1S/C14H23N3O2/c1-14(2,3)17-8-7-15-12(13(17)19)16-9-10-5-4-6-11(10)18/h7-8,10-11,18H,4-6,9H2,1-3H3,(H,15,16). The number of hydrogen-bond donors (Lipinski definition) is 2. The van der Waals surface area contributed by atoms with Gasteiger partial charge in [0.05, 0.1) is 6.10 Å². The van der Waals surface area contributed by atoms with Gasteiger partial charge in [-0.15, -0.1) is 0 Å². The second-order valence-corrected chi connectivity index (χ2v) is 6.26. The summed E-state index contributed by atoms with van der Waals surface area (Å²) in [5.74, 6) is 0.598. The monoisotopic (exact) mass is 265 g/mol. The SMILES string of the molecule is CC(C)(C)n1ccnc(NCC2CCCC2O)c1=O. The van der Waals surface area contributed by atoms with E-state index in [1.165, 1.54) is 0 Å². The second kappa shape index (κ2) is 5.33. The molecule has 1 aromatic rings. The molecular weight excluding hydrogens is 242 g/mol. The maximum atomic E-state index is 12.3. The van der Waals surface area contributed by atoms with E-state index in [4.69, 9.17) is 0 Å². The van der Waals surface area contributed by atoms with Crippen LogP contribution in [0, 0.1) is 5.92 Å². The molecule has 1 aromatic heterocycles. The lowest BCUT2D eigenvalue weighted by molar-refractivity contribution is 0.138. The molecule has 106 valence electrons. The summed E-state index contributed by atoms with van der Waals surface area (Å²) in [4.78, 5) is 16.4. The molecule has 0 amide bonds. The lowest BCUT2D eigenvalue weighted by atomic mass is 10.1. The summed E-state index contributed by atoms with van der Waals surface area (Å²) in [6, 6.07) is 0. The van der Waals surface area contributed by atoms with Crippen LogP contribution in [0.3, 0.4) is 0 Å². The Morgan fingerprint density at radius 1 is 1.47 bits per heavy atom. The van der Waals surface area contributed by atoms with Crippen LogP contribution in [-0.2, 0) is 5.54 Å². The Balaban J connectivity index is 2.11. The van der Waals surface area contributed by atoms with E-state index < -0.39 is 0 Å². The molecule has 0 radical (unpaired) electrons. The fourth-order valence-corrected chi connectivity index (χ4v) is 2.54. The van der Waals surface area contributed by atoms with Crippen molar-refractivity contribution >= 4 is 5.82 Å². The van der Waals surface area contributed by atoms with E-state index in [-0.39, 0.29) is 23.1 Å². The van der Waals surface area contributed by atoms with E-state index >= 15 is 0 Å². The largest absolute Gasteiger partial charge is 0.393 e. The lowest BCUT2D eigenvalue weighted by Crippen LogP contribution is -2.36. The summed E-state index contributed by atoms with van der Waals surface area (Å²) in [5.41, 5.74) is -0.369. The Morgan fingerprint density at radius 3 is 2.79 bits per heavy atom. The molecule has 0 bridgehead atoms. The van der Waals surface area contributed by atoms with Gasteiger partial charge in [-0.2, -0.15) is 0 Å². The molecule has 5 nitrogen and oxygen atoms in total. The van der Waals surface area contributed by atoms with Crippen LogP contribution in [0.25, 0.3) is 0 Å². The highest BCUT2D eigenvalue weighted by Gasteiger charge is 2.25. The maximum absolute atomic E-state index is 12.3. The van der Waals surface area contributed by atoms with Crippen molar-refractivity contribution < 1.29 is 5.11 Å². The van der Waals surface area contributed by atoms with Crippen LogP contribution >= 0.6 is 0 Å². The maximum Gasteiger partial charge on any atom is 0.293 e. The van der Waals surface area contributed by atoms with Crippen molar-refractivity contribution in [3.63, 3.8) is 0 Å². The van der Waals surface area contributed by atoms with Gasteiger partial charge >= 0.3 is 0 Å². The highest BCUT2D eigenvalue weighted by Crippen LogP contribution is 2.25. The van der Waals surface area contributed by atoms with Gasteiger partial charge in [0.2, 0.25) is 0 Å². The first-order chi connectivity index (χ1) is 8.89. The van der Waals surface area contributed by atoms with E-state index in [9.17, 15) is 9.90 Å². The van der Waals surface area contributed by atoms with Gasteiger partial charge in [-0.1, -0.05) is 6.42 Å². The molecule has 1 saturated carbocycles. The predicted octanol–water partition coefficient (Wildman–Crippen LogP) is 1.57. The first kappa shape index (κ1) is 14.1. The Bertz CT molecular complexity index is 490. The fraction of sp³-hybridized carbons (Fsp3) is 0.714. The summed E-state index contributed by atoms with van der Waals surface area (Å²) >= 11 is 0. The van der Waals surface area contributed by atoms with Gasteiger partial charge in [0.25, 0.3) is 5.56 Å². The van der Waals surface area contributed by atoms with Crippen LogP contribution in [0.1, 0.15) is 40.0 Å². The van der Waals surface area contributed by atoms with Crippen LogP contribution in [0.4, 0.5) is 5.82 Å². The molecule has 0 saturated heterocycles. The Hall–Kier alpha value is -1.36. The molecule has 1 heterocycles. The zero-order valence-corrected chi connectivity index (χ0v) is 11.9. The molecule has 2 rings (SSSR count). The molecule has 2 N–H and O–H groups in total. The predicted molar refractivity (Wildman–Crippen MR) is 75.3 cm³/mol. The third-order valence-electron chi connectivity index (χ3n) is 3.71. The van der Waals surface area contributed by atoms with Crippen molar-refractivity contribution in [2.75, 3.05) is 11.9 Å². The van der Waals surface area contributed by atoms with E-state index in [1.807, 2.05) is 20.8 Å². The molecule has 0 aromatic carbocycles. The van der Waals surface area contributed by atoms with E-state index in [0.717, 1.165) is 19.3 Å². The van der Waals surface area contributed by atoms with Crippen molar-refractivity contribution in [2.45, 2.75) is 51.7 Å². The summed E-state index contributed by atoms with van der Waals surface area (Å²) in [5, 5.41) is 12.9. The lowest BCUT2D eigenvalue weighted by Gasteiger charge is -2.23. The summed E-state index contributed by atoms with van der Waals surface area (Å²) < 4.78 is 1.67.